The number of anilines is 1. The molecule has 0 spiro atoms. The number of nitrogens with zero attached hydrogens (tertiary/aromatic N) is 2. The van der Waals surface area contributed by atoms with Crippen LogP contribution in [0.3, 0.4) is 0 Å². The van der Waals surface area contributed by atoms with E-state index in [1.165, 1.54) is 11.4 Å². The van der Waals surface area contributed by atoms with Crippen LogP contribution in [0.15, 0.2) is 0 Å². The van der Waals surface area contributed by atoms with Gasteiger partial charge in [-0.3, -0.25) is 4.79 Å². The molecule has 9 heteroatoms. The van der Waals surface area contributed by atoms with E-state index in [9.17, 15) is 18.0 Å². The summed E-state index contributed by atoms with van der Waals surface area (Å²) in [6.45, 7) is 0. The van der Waals surface area contributed by atoms with Gasteiger partial charge in [0.1, 0.15) is 16.6 Å². The van der Waals surface area contributed by atoms with Crippen molar-refractivity contribution >= 4 is 34.0 Å². The van der Waals surface area contributed by atoms with Crippen LogP contribution in [0.25, 0.3) is 0 Å². The number of rotatable bonds is 1. The van der Waals surface area contributed by atoms with Crippen LogP contribution in [0.4, 0.5) is 18.2 Å². The molecule has 0 unspecified atom stereocenters. The van der Waals surface area contributed by atoms with Crippen molar-refractivity contribution < 1.29 is 18.0 Å². The minimum atomic E-state index is -5.01. The largest absolute Gasteiger partial charge is 0.471 e. The van der Waals surface area contributed by atoms with Crippen LogP contribution in [0, 0.1) is 11.3 Å². The molecule has 1 aromatic rings. The Hall–Kier alpha value is -1.33. The lowest BCUT2D eigenvalue weighted by molar-refractivity contribution is -0.167. The van der Waals surface area contributed by atoms with Crippen molar-refractivity contribution in [3.8, 4) is 6.07 Å². The summed E-state index contributed by atoms with van der Waals surface area (Å²) < 4.78 is 38.9. The van der Waals surface area contributed by atoms with Gasteiger partial charge in [-0.15, -0.1) is 0 Å². The fraction of sp³-hybridized carbons (Fsp3) is 0.167. The predicted octanol–water partition coefficient (Wildman–Crippen LogP) is 2.17. The first-order valence-corrected chi connectivity index (χ1v) is 4.45. The van der Waals surface area contributed by atoms with Crippen molar-refractivity contribution in [1.29, 1.82) is 5.26 Å². The fourth-order valence-electron chi connectivity index (χ4n) is 0.627. The number of aromatic nitrogens is 1. The summed E-state index contributed by atoms with van der Waals surface area (Å²) >= 11 is 5.90. The van der Waals surface area contributed by atoms with Crippen molar-refractivity contribution in [1.82, 2.24) is 4.37 Å². The van der Waals surface area contributed by atoms with Crippen LogP contribution in [0.1, 0.15) is 5.56 Å². The molecule has 4 nitrogen and oxygen atoms in total. The fourth-order valence-corrected chi connectivity index (χ4v) is 1.56. The Morgan fingerprint density at radius 3 is 2.67 bits per heavy atom. The normalized spacial score (nSPS) is 10.9. The predicted molar refractivity (Wildman–Crippen MR) is 46.5 cm³/mol. The Balaban J connectivity index is 2.92. The molecule has 0 radical (unpaired) electrons. The Kier molecular flexibility index (Phi) is 3.16. The molecule has 1 heterocycles. The number of nitrogens with one attached hydrogen (secondary N) is 1. The highest BCUT2D eigenvalue weighted by atomic mass is 35.5. The van der Waals surface area contributed by atoms with E-state index in [1.807, 2.05) is 0 Å². The van der Waals surface area contributed by atoms with Gasteiger partial charge in [-0.2, -0.15) is 22.8 Å². The average Bonchev–Trinajstić information content (AvgIpc) is 2.45. The van der Waals surface area contributed by atoms with Crippen molar-refractivity contribution in [2.45, 2.75) is 6.18 Å². The molecular formula is C6HClF3N3OS. The molecule has 0 aliphatic rings. The summed E-state index contributed by atoms with van der Waals surface area (Å²) in [6.07, 6.45) is -5.01. The molecule has 80 valence electrons. The minimum Gasteiger partial charge on any atom is -0.307 e. The third-order valence-electron chi connectivity index (χ3n) is 1.25. The van der Waals surface area contributed by atoms with Crippen molar-refractivity contribution in [2.24, 2.45) is 0 Å². The van der Waals surface area contributed by atoms with Crippen molar-refractivity contribution in [3.63, 3.8) is 0 Å². The molecule has 0 atom stereocenters. The maximum Gasteiger partial charge on any atom is 0.471 e. The molecule has 0 bridgehead atoms. The Labute approximate surface area is 90.4 Å². The third-order valence-corrected chi connectivity index (χ3v) is 2.38. The lowest BCUT2D eigenvalue weighted by atomic mass is 10.4. The van der Waals surface area contributed by atoms with E-state index in [0.29, 0.717) is 11.5 Å². The van der Waals surface area contributed by atoms with E-state index in [-0.39, 0.29) is 15.7 Å². The Morgan fingerprint density at radius 1 is 1.60 bits per heavy atom. The van der Waals surface area contributed by atoms with Crippen molar-refractivity contribution in [3.05, 3.63) is 10.7 Å². The van der Waals surface area contributed by atoms with E-state index in [4.69, 9.17) is 16.9 Å². The van der Waals surface area contributed by atoms with Gasteiger partial charge in [0.25, 0.3) is 0 Å². The van der Waals surface area contributed by atoms with E-state index in [0.717, 1.165) is 0 Å². The van der Waals surface area contributed by atoms with Crippen LogP contribution in [-0.4, -0.2) is 16.5 Å². The molecule has 0 aromatic carbocycles. The summed E-state index contributed by atoms with van der Waals surface area (Å²) in [6, 6.07) is 1.53. The second kappa shape index (κ2) is 4.04. The van der Waals surface area contributed by atoms with Gasteiger partial charge in [0.2, 0.25) is 0 Å². The smallest absolute Gasteiger partial charge is 0.307 e. The first-order valence-electron chi connectivity index (χ1n) is 3.29. The van der Waals surface area contributed by atoms with E-state index < -0.39 is 12.1 Å². The third kappa shape index (κ3) is 2.57. The van der Waals surface area contributed by atoms with Gasteiger partial charge in [-0.1, -0.05) is 11.6 Å². The van der Waals surface area contributed by atoms with Crippen molar-refractivity contribution in [2.75, 3.05) is 5.32 Å². The van der Waals surface area contributed by atoms with Crippen LogP contribution < -0.4 is 5.32 Å². The molecule has 1 amide bonds. The average molecular weight is 256 g/mol. The molecule has 0 saturated carbocycles. The van der Waals surface area contributed by atoms with Gasteiger partial charge >= 0.3 is 12.1 Å². The van der Waals surface area contributed by atoms with Gasteiger partial charge in [0, 0.05) is 0 Å². The van der Waals surface area contributed by atoms with Gasteiger partial charge < -0.3 is 5.32 Å². The highest BCUT2D eigenvalue weighted by Gasteiger charge is 2.39. The molecule has 0 fully saturated rings. The number of carbonyl (C=O) groups is 1. The van der Waals surface area contributed by atoms with Gasteiger partial charge in [-0.05, 0) is 11.5 Å². The monoisotopic (exact) mass is 255 g/mol. The van der Waals surface area contributed by atoms with Gasteiger partial charge in [0.05, 0.1) is 0 Å². The number of hydrogen-bond acceptors (Lipinski definition) is 4. The number of carbonyl (C=O) groups excluding carboxylic acids is 1. The summed E-state index contributed by atoms with van der Waals surface area (Å²) in [7, 11) is 0. The Bertz CT molecular complexity index is 436. The molecule has 1 rings (SSSR count). The summed E-state index contributed by atoms with van der Waals surface area (Å²) in [5, 5.41) is 9.46. The Morgan fingerprint density at radius 2 is 2.20 bits per heavy atom. The standard InChI is InChI=1S/C6HClF3N3OS/c7-3-2(1-11)4(15-13-3)12-5(14)6(8,9)10/h(H,12,14). The van der Waals surface area contributed by atoms with Crippen LogP contribution in [-0.2, 0) is 4.79 Å². The lowest BCUT2D eigenvalue weighted by Gasteiger charge is -2.05. The number of halogens is 4. The number of nitriles is 1. The highest BCUT2D eigenvalue weighted by molar-refractivity contribution is 7.11. The first-order chi connectivity index (χ1) is 6.86. The minimum absolute atomic E-state index is 0.236. The molecule has 0 saturated heterocycles. The van der Waals surface area contributed by atoms with E-state index in [1.54, 1.807) is 0 Å². The second-order valence-electron chi connectivity index (χ2n) is 2.24. The lowest BCUT2D eigenvalue weighted by Crippen LogP contribution is -2.29. The second-order valence-corrected chi connectivity index (χ2v) is 3.37. The summed E-state index contributed by atoms with van der Waals surface area (Å²) in [4.78, 5) is 10.5. The first kappa shape index (κ1) is 11.7. The van der Waals surface area contributed by atoms with Crippen LogP contribution >= 0.6 is 23.1 Å². The van der Waals surface area contributed by atoms with Crippen LogP contribution in [0.2, 0.25) is 5.15 Å². The topological polar surface area (TPSA) is 65.8 Å². The SMILES string of the molecule is N#Cc1c(Cl)nsc1NC(=O)C(F)(F)F. The van der Waals surface area contributed by atoms with Gasteiger partial charge in [0.15, 0.2) is 5.15 Å². The number of alkyl halides is 3. The molecule has 15 heavy (non-hydrogen) atoms. The molecule has 0 aliphatic heterocycles. The quantitative estimate of drug-likeness (QED) is 0.836. The molecule has 0 aliphatic carbocycles. The summed E-state index contributed by atoms with van der Waals surface area (Å²) in [5.74, 6) is -2.17. The van der Waals surface area contributed by atoms with E-state index >= 15 is 0 Å². The zero-order chi connectivity index (χ0) is 11.6. The molecular weight excluding hydrogens is 255 g/mol. The zero-order valence-corrected chi connectivity index (χ0v) is 8.30. The molecule has 1 aromatic heterocycles. The maximum atomic E-state index is 11.8. The van der Waals surface area contributed by atoms with E-state index in [2.05, 4.69) is 4.37 Å². The highest BCUT2D eigenvalue weighted by Crippen LogP contribution is 2.29. The number of hydrogen-bond donors (Lipinski definition) is 1. The maximum absolute atomic E-state index is 11.8. The molecule has 1 N–H and O–H groups in total. The summed E-state index contributed by atoms with van der Waals surface area (Å²) in [5.41, 5.74) is -0.278. The van der Waals surface area contributed by atoms with Crippen LogP contribution in [0.5, 0.6) is 0 Å². The number of amides is 1. The zero-order valence-electron chi connectivity index (χ0n) is 6.72. The van der Waals surface area contributed by atoms with Gasteiger partial charge in [-0.25, -0.2) is 0 Å².